The van der Waals surface area contributed by atoms with Gasteiger partial charge in [0.1, 0.15) is 18.4 Å². The molecule has 0 spiro atoms. The first-order valence-corrected chi connectivity index (χ1v) is 7.84. The van der Waals surface area contributed by atoms with Gasteiger partial charge in [-0.1, -0.05) is 12.1 Å². The Morgan fingerprint density at radius 2 is 1.88 bits per heavy atom. The van der Waals surface area contributed by atoms with Crippen molar-refractivity contribution in [2.75, 3.05) is 19.0 Å². The van der Waals surface area contributed by atoms with Gasteiger partial charge in [-0.25, -0.2) is 0 Å². The van der Waals surface area contributed by atoms with Gasteiger partial charge in [-0.3, -0.25) is 9.36 Å². The van der Waals surface area contributed by atoms with Crippen molar-refractivity contribution >= 4 is 11.6 Å². The number of ether oxygens (including phenoxy) is 1. The van der Waals surface area contributed by atoms with Gasteiger partial charge in [-0.2, -0.15) is 0 Å². The van der Waals surface area contributed by atoms with E-state index in [1.807, 2.05) is 24.3 Å². The van der Waals surface area contributed by atoms with Crippen LogP contribution in [0, 0.1) is 0 Å². The Balaban J connectivity index is 1.83. The van der Waals surface area contributed by atoms with Crippen LogP contribution in [0.5, 0.6) is 5.75 Å². The zero-order chi connectivity index (χ0) is 17.6. The van der Waals surface area contributed by atoms with E-state index in [0.29, 0.717) is 23.5 Å². The van der Waals surface area contributed by atoms with Crippen molar-refractivity contribution < 1.29 is 9.53 Å². The van der Waals surface area contributed by atoms with Crippen LogP contribution >= 0.6 is 0 Å². The van der Waals surface area contributed by atoms with Crippen LogP contribution in [-0.4, -0.2) is 34.3 Å². The normalized spacial score (nSPS) is 10.5. The molecule has 7 heteroatoms. The Morgan fingerprint density at radius 1 is 1.16 bits per heavy atom. The molecule has 3 rings (SSSR count). The second kappa shape index (κ2) is 7.59. The second-order valence-corrected chi connectivity index (χ2v) is 5.44. The number of nitrogens with one attached hydrogen (secondary N) is 1. The van der Waals surface area contributed by atoms with Crippen LogP contribution in [0.3, 0.4) is 0 Å². The summed E-state index contributed by atoms with van der Waals surface area (Å²) in [6.07, 6.45) is 3.96. The van der Waals surface area contributed by atoms with Crippen LogP contribution < -0.4 is 15.8 Å². The van der Waals surface area contributed by atoms with Crippen LogP contribution in [0.1, 0.15) is 15.9 Å². The van der Waals surface area contributed by atoms with E-state index in [-0.39, 0.29) is 5.91 Å². The molecule has 0 aliphatic rings. The van der Waals surface area contributed by atoms with Gasteiger partial charge in [0.25, 0.3) is 5.91 Å². The molecule has 3 N–H and O–H groups in total. The smallest absolute Gasteiger partial charge is 0.255 e. The molecule has 3 aromatic rings. The average Bonchev–Trinajstić information content (AvgIpc) is 3.17. The molecule has 1 amide bonds. The number of hydrogen-bond acceptors (Lipinski definition) is 5. The van der Waals surface area contributed by atoms with Crippen molar-refractivity contribution in [2.24, 2.45) is 5.73 Å². The molecule has 0 radical (unpaired) electrons. The first-order valence-electron chi connectivity index (χ1n) is 7.84. The zero-order valence-electron chi connectivity index (χ0n) is 13.8. The van der Waals surface area contributed by atoms with E-state index in [1.54, 1.807) is 42.5 Å². The predicted octanol–water partition coefficient (Wildman–Crippen LogP) is 2.03. The van der Waals surface area contributed by atoms with E-state index in [2.05, 4.69) is 15.5 Å². The molecule has 0 aliphatic heterocycles. The molecule has 0 bridgehead atoms. The molecule has 1 heterocycles. The number of benzene rings is 2. The lowest BCUT2D eigenvalue weighted by Crippen LogP contribution is -2.13. The third kappa shape index (κ3) is 3.84. The molecule has 0 atom stereocenters. The summed E-state index contributed by atoms with van der Waals surface area (Å²) in [4.78, 5) is 12.5. The van der Waals surface area contributed by atoms with E-state index in [0.717, 1.165) is 17.7 Å². The first kappa shape index (κ1) is 16.7. The van der Waals surface area contributed by atoms with Crippen LogP contribution in [0.25, 0.3) is 5.69 Å². The first-order chi connectivity index (χ1) is 12.2. The summed E-state index contributed by atoms with van der Waals surface area (Å²) in [5.41, 5.74) is 8.61. The highest BCUT2D eigenvalue weighted by Crippen LogP contribution is 2.27. The molecule has 0 saturated carbocycles. The molecule has 0 aliphatic carbocycles. The largest absolute Gasteiger partial charge is 0.495 e. The zero-order valence-corrected chi connectivity index (χ0v) is 13.8. The van der Waals surface area contributed by atoms with Crippen molar-refractivity contribution in [3.8, 4) is 11.4 Å². The van der Waals surface area contributed by atoms with Gasteiger partial charge in [0, 0.05) is 5.56 Å². The van der Waals surface area contributed by atoms with E-state index in [9.17, 15) is 4.79 Å². The summed E-state index contributed by atoms with van der Waals surface area (Å²) in [6.45, 7) is 0.582. The molecule has 0 unspecified atom stereocenters. The predicted molar refractivity (Wildman–Crippen MR) is 95.1 cm³/mol. The molecule has 0 fully saturated rings. The van der Waals surface area contributed by atoms with Crippen molar-refractivity contribution in [2.45, 2.75) is 6.42 Å². The number of aromatic nitrogens is 3. The minimum atomic E-state index is -0.210. The maximum Gasteiger partial charge on any atom is 0.255 e. The summed E-state index contributed by atoms with van der Waals surface area (Å²) in [5.74, 6) is 0.364. The molecule has 25 heavy (non-hydrogen) atoms. The van der Waals surface area contributed by atoms with Gasteiger partial charge < -0.3 is 15.8 Å². The Hall–Kier alpha value is -3.19. The van der Waals surface area contributed by atoms with Gasteiger partial charge in [0.15, 0.2) is 0 Å². The highest BCUT2D eigenvalue weighted by atomic mass is 16.5. The van der Waals surface area contributed by atoms with E-state index >= 15 is 0 Å². The fraction of sp³-hybridized carbons (Fsp3) is 0.167. The van der Waals surface area contributed by atoms with E-state index < -0.39 is 0 Å². The summed E-state index contributed by atoms with van der Waals surface area (Å²) in [5, 5.41) is 10.5. The molecular weight excluding hydrogens is 318 g/mol. The molecule has 2 aromatic carbocycles. The topological polar surface area (TPSA) is 95.1 Å². The Kier molecular flexibility index (Phi) is 5.06. The maximum absolute atomic E-state index is 12.5. The third-order valence-corrected chi connectivity index (χ3v) is 3.80. The summed E-state index contributed by atoms with van der Waals surface area (Å²) in [6, 6.07) is 12.9. The van der Waals surface area contributed by atoms with Crippen LogP contribution in [-0.2, 0) is 6.42 Å². The standard InChI is InChI=1S/C18H19N5O2/c1-25-17-7-6-15(23-11-20-21-12-23)10-16(17)22-18(24)14-4-2-13(3-5-14)8-9-19/h2-7,10-12H,8-9,19H2,1H3,(H,22,24). The van der Waals surface area contributed by atoms with Gasteiger partial charge in [-0.05, 0) is 48.9 Å². The Morgan fingerprint density at radius 3 is 2.52 bits per heavy atom. The van der Waals surface area contributed by atoms with E-state index in [1.165, 1.54) is 0 Å². The van der Waals surface area contributed by atoms with E-state index in [4.69, 9.17) is 10.5 Å². The van der Waals surface area contributed by atoms with Gasteiger partial charge in [0.05, 0.1) is 18.5 Å². The van der Waals surface area contributed by atoms with Gasteiger partial charge in [-0.15, -0.1) is 10.2 Å². The summed E-state index contributed by atoms with van der Waals surface area (Å²) < 4.78 is 7.08. The molecule has 7 nitrogen and oxygen atoms in total. The maximum atomic E-state index is 12.5. The lowest BCUT2D eigenvalue weighted by atomic mass is 10.1. The average molecular weight is 337 g/mol. The number of carbonyl (C=O) groups is 1. The minimum absolute atomic E-state index is 0.210. The monoisotopic (exact) mass is 337 g/mol. The molecular formula is C18H19N5O2. The second-order valence-electron chi connectivity index (χ2n) is 5.44. The van der Waals surface area contributed by atoms with Crippen LogP contribution in [0.2, 0.25) is 0 Å². The third-order valence-electron chi connectivity index (χ3n) is 3.80. The molecule has 1 aromatic heterocycles. The number of nitrogens with zero attached hydrogens (tertiary/aromatic N) is 3. The van der Waals surface area contributed by atoms with Gasteiger partial charge in [0.2, 0.25) is 0 Å². The number of amides is 1. The molecule has 0 saturated heterocycles. The fourth-order valence-corrected chi connectivity index (χ4v) is 2.47. The number of rotatable bonds is 6. The van der Waals surface area contributed by atoms with Crippen LogP contribution in [0.4, 0.5) is 5.69 Å². The number of carbonyl (C=O) groups excluding carboxylic acids is 1. The highest BCUT2D eigenvalue weighted by molar-refractivity contribution is 6.05. The Labute approximate surface area is 145 Å². The summed E-state index contributed by atoms with van der Waals surface area (Å²) >= 11 is 0. The molecule has 128 valence electrons. The van der Waals surface area contributed by atoms with Crippen molar-refractivity contribution in [1.82, 2.24) is 14.8 Å². The SMILES string of the molecule is COc1ccc(-n2cnnc2)cc1NC(=O)c1ccc(CCN)cc1. The lowest BCUT2D eigenvalue weighted by molar-refractivity contribution is 0.102. The number of hydrogen-bond donors (Lipinski definition) is 2. The fourth-order valence-electron chi connectivity index (χ4n) is 2.47. The van der Waals surface area contributed by atoms with Crippen LogP contribution in [0.15, 0.2) is 55.1 Å². The Bertz CT molecular complexity index is 844. The van der Waals surface area contributed by atoms with Crippen molar-refractivity contribution in [3.63, 3.8) is 0 Å². The lowest BCUT2D eigenvalue weighted by Gasteiger charge is -2.12. The number of anilines is 1. The minimum Gasteiger partial charge on any atom is -0.495 e. The number of methoxy groups -OCH3 is 1. The highest BCUT2D eigenvalue weighted by Gasteiger charge is 2.11. The quantitative estimate of drug-likeness (QED) is 0.717. The number of nitrogens with two attached hydrogens (primary N) is 1. The van der Waals surface area contributed by atoms with Crippen molar-refractivity contribution in [1.29, 1.82) is 0 Å². The summed E-state index contributed by atoms with van der Waals surface area (Å²) in [7, 11) is 1.56. The van der Waals surface area contributed by atoms with Crippen molar-refractivity contribution in [3.05, 3.63) is 66.2 Å². The van der Waals surface area contributed by atoms with Gasteiger partial charge >= 0.3 is 0 Å².